The van der Waals surface area contributed by atoms with Crippen molar-refractivity contribution in [1.29, 1.82) is 0 Å². The van der Waals surface area contributed by atoms with E-state index in [1.165, 1.54) is 57.8 Å². The van der Waals surface area contributed by atoms with E-state index in [9.17, 15) is 5.11 Å². The highest BCUT2D eigenvalue weighted by Crippen LogP contribution is 2.11. The van der Waals surface area contributed by atoms with Gasteiger partial charge in [0.1, 0.15) is 0 Å². The molecular formula is C15H30O. The van der Waals surface area contributed by atoms with Crippen molar-refractivity contribution in [3.8, 4) is 0 Å². The summed E-state index contributed by atoms with van der Waals surface area (Å²) >= 11 is 0. The summed E-state index contributed by atoms with van der Waals surface area (Å²) in [6, 6.07) is 0. The maximum atomic E-state index is 9.46. The molecule has 1 atom stereocenters. The van der Waals surface area contributed by atoms with Crippen LogP contribution in [0.5, 0.6) is 0 Å². The van der Waals surface area contributed by atoms with E-state index in [1.54, 1.807) is 0 Å². The van der Waals surface area contributed by atoms with Crippen LogP contribution in [0.25, 0.3) is 0 Å². The first-order valence-electron chi connectivity index (χ1n) is 7.12. The monoisotopic (exact) mass is 226 g/mol. The summed E-state index contributed by atoms with van der Waals surface area (Å²) in [6.45, 7) is 4.22. The Kier molecular flexibility index (Phi) is 12.5. The molecule has 0 aromatic heterocycles. The van der Waals surface area contributed by atoms with Gasteiger partial charge in [-0.3, -0.25) is 0 Å². The van der Waals surface area contributed by atoms with E-state index in [0.29, 0.717) is 0 Å². The lowest BCUT2D eigenvalue weighted by Gasteiger charge is -2.05. The second-order valence-corrected chi connectivity index (χ2v) is 4.71. The van der Waals surface area contributed by atoms with Gasteiger partial charge in [-0.2, -0.15) is 0 Å². The smallest absolute Gasteiger partial charge is 0.0720 e. The van der Waals surface area contributed by atoms with Crippen molar-refractivity contribution in [1.82, 2.24) is 0 Å². The SMILES string of the molecule is CC=CC(O)CCCCCCCCCCC. The topological polar surface area (TPSA) is 20.2 Å². The predicted molar refractivity (Wildman–Crippen MR) is 72.7 cm³/mol. The van der Waals surface area contributed by atoms with Crippen LogP contribution in [0.1, 0.15) is 78.1 Å². The van der Waals surface area contributed by atoms with Crippen LogP contribution in [0.15, 0.2) is 12.2 Å². The number of rotatable bonds is 11. The second-order valence-electron chi connectivity index (χ2n) is 4.71. The summed E-state index contributed by atoms with van der Waals surface area (Å²) in [6.07, 6.45) is 16.7. The molecule has 0 aliphatic carbocycles. The zero-order valence-corrected chi connectivity index (χ0v) is 11.3. The zero-order valence-electron chi connectivity index (χ0n) is 11.3. The third-order valence-corrected chi connectivity index (χ3v) is 3.02. The molecule has 0 aromatic carbocycles. The summed E-state index contributed by atoms with van der Waals surface area (Å²) in [4.78, 5) is 0. The summed E-state index contributed by atoms with van der Waals surface area (Å²) in [7, 11) is 0. The van der Waals surface area contributed by atoms with E-state index in [1.807, 2.05) is 19.1 Å². The molecule has 0 fully saturated rings. The van der Waals surface area contributed by atoms with Crippen molar-refractivity contribution in [3.63, 3.8) is 0 Å². The molecule has 0 radical (unpaired) electrons. The lowest BCUT2D eigenvalue weighted by molar-refractivity contribution is 0.208. The van der Waals surface area contributed by atoms with Crippen LogP contribution in [0.4, 0.5) is 0 Å². The van der Waals surface area contributed by atoms with Gasteiger partial charge in [-0.15, -0.1) is 0 Å². The molecular weight excluding hydrogens is 196 g/mol. The number of allylic oxidation sites excluding steroid dienone is 1. The van der Waals surface area contributed by atoms with Gasteiger partial charge >= 0.3 is 0 Å². The van der Waals surface area contributed by atoms with Crippen LogP contribution in [-0.4, -0.2) is 11.2 Å². The fourth-order valence-electron chi connectivity index (χ4n) is 1.98. The van der Waals surface area contributed by atoms with Crippen molar-refractivity contribution >= 4 is 0 Å². The first-order chi connectivity index (χ1) is 7.81. The van der Waals surface area contributed by atoms with Gasteiger partial charge in [0.25, 0.3) is 0 Å². The molecule has 0 saturated heterocycles. The van der Waals surface area contributed by atoms with E-state index in [2.05, 4.69) is 6.92 Å². The molecule has 1 nitrogen and oxygen atoms in total. The van der Waals surface area contributed by atoms with E-state index < -0.39 is 0 Å². The average Bonchev–Trinajstić information content (AvgIpc) is 2.27. The third kappa shape index (κ3) is 11.8. The minimum Gasteiger partial charge on any atom is -0.389 e. The highest BCUT2D eigenvalue weighted by molar-refractivity contribution is 4.84. The first-order valence-corrected chi connectivity index (χ1v) is 7.12. The summed E-state index contributed by atoms with van der Waals surface area (Å²) in [5.41, 5.74) is 0. The molecule has 1 N–H and O–H groups in total. The molecule has 0 aliphatic rings. The average molecular weight is 226 g/mol. The van der Waals surface area contributed by atoms with Gasteiger partial charge < -0.3 is 5.11 Å². The number of unbranched alkanes of at least 4 members (excludes halogenated alkanes) is 8. The molecule has 1 heteroatoms. The van der Waals surface area contributed by atoms with Crippen LogP contribution in [-0.2, 0) is 0 Å². The predicted octanol–water partition coefficient (Wildman–Crippen LogP) is 4.84. The summed E-state index contributed by atoms with van der Waals surface area (Å²) in [5.74, 6) is 0. The van der Waals surface area contributed by atoms with Gasteiger partial charge in [-0.1, -0.05) is 76.9 Å². The van der Waals surface area contributed by atoms with Crippen LogP contribution in [0.3, 0.4) is 0 Å². The fraction of sp³-hybridized carbons (Fsp3) is 0.867. The van der Waals surface area contributed by atoms with Crippen molar-refractivity contribution in [2.75, 3.05) is 0 Å². The Bertz CT molecular complexity index is 152. The molecule has 0 aliphatic heterocycles. The van der Waals surface area contributed by atoms with Crippen LogP contribution >= 0.6 is 0 Å². The Balaban J connectivity index is 3.04. The normalized spacial score (nSPS) is 13.4. The molecule has 16 heavy (non-hydrogen) atoms. The Morgan fingerprint density at radius 3 is 1.88 bits per heavy atom. The van der Waals surface area contributed by atoms with Gasteiger partial charge in [0, 0.05) is 0 Å². The highest BCUT2D eigenvalue weighted by Gasteiger charge is 1.97. The largest absolute Gasteiger partial charge is 0.389 e. The molecule has 0 aromatic rings. The standard InChI is InChI=1S/C15H30O/c1-3-5-6-7-8-9-10-11-12-14-15(16)13-4-2/h4,13,15-16H,3,5-12,14H2,1-2H3. The van der Waals surface area contributed by atoms with E-state index in [4.69, 9.17) is 0 Å². The highest BCUT2D eigenvalue weighted by atomic mass is 16.3. The Morgan fingerprint density at radius 2 is 1.38 bits per heavy atom. The third-order valence-electron chi connectivity index (χ3n) is 3.02. The van der Waals surface area contributed by atoms with Gasteiger partial charge in [-0.05, 0) is 13.3 Å². The summed E-state index contributed by atoms with van der Waals surface area (Å²) < 4.78 is 0. The van der Waals surface area contributed by atoms with Crippen LogP contribution in [0, 0.1) is 0 Å². The maximum absolute atomic E-state index is 9.46. The van der Waals surface area contributed by atoms with E-state index in [-0.39, 0.29) is 6.10 Å². The number of hydrogen-bond acceptors (Lipinski definition) is 1. The van der Waals surface area contributed by atoms with Gasteiger partial charge in [0.2, 0.25) is 0 Å². The minimum atomic E-state index is -0.213. The van der Waals surface area contributed by atoms with Crippen molar-refractivity contribution in [3.05, 3.63) is 12.2 Å². The molecule has 0 heterocycles. The molecule has 0 amide bonds. The van der Waals surface area contributed by atoms with Crippen molar-refractivity contribution in [2.24, 2.45) is 0 Å². The Hall–Kier alpha value is -0.300. The van der Waals surface area contributed by atoms with Gasteiger partial charge in [0.05, 0.1) is 6.10 Å². The lowest BCUT2D eigenvalue weighted by atomic mass is 10.1. The van der Waals surface area contributed by atoms with Crippen molar-refractivity contribution in [2.45, 2.75) is 84.2 Å². The lowest BCUT2D eigenvalue weighted by Crippen LogP contribution is -2.00. The first kappa shape index (κ1) is 15.7. The van der Waals surface area contributed by atoms with E-state index in [0.717, 1.165) is 6.42 Å². The molecule has 0 bridgehead atoms. The van der Waals surface area contributed by atoms with E-state index >= 15 is 0 Å². The zero-order chi connectivity index (χ0) is 12.1. The Labute approximate surface area is 102 Å². The number of aliphatic hydroxyl groups is 1. The maximum Gasteiger partial charge on any atom is 0.0720 e. The number of hydrogen-bond donors (Lipinski definition) is 1. The molecule has 0 saturated carbocycles. The minimum absolute atomic E-state index is 0.213. The summed E-state index contributed by atoms with van der Waals surface area (Å²) in [5, 5.41) is 9.46. The van der Waals surface area contributed by atoms with Crippen LogP contribution in [0.2, 0.25) is 0 Å². The van der Waals surface area contributed by atoms with Crippen LogP contribution < -0.4 is 0 Å². The second kappa shape index (κ2) is 12.8. The van der Waals surface area contributed by atoms with Gasteiger partial charge in [0.15, 0.2) is 0 Å². The fourth-order valence-corrected chi connectivity index (χ4v) is 1.98. The van der Waals surface area contributed by atoms with Gasteiger partial charge in [-0.25, -0.2) is 0 Å². The van der Waals surface area contributed by atoms with Crippen molar-refractivity contribution < 1.29 is 5.11 Å². The molecule has 1 unspecified atom stereocenters. The Morgan fingerprint density at radius 1 is 0.875 bits per heavy atom. The molecule has 96 valence electrons. The molecule has 0 spiro atoms. The quantitative estimate of drug-likeness (QED) is 0.394. The molecule has 0 rings (SSSR count). The number of aliphatic hydroxyl groups excluding tert-OH is 1.